The fourth-order valence-corrected chi connectivity index (χ4v) is 4.89. The van der Waals surface area contributed by atoms with Crippen LogP contribution in [0.1, 0.15) is 51.2 Å². The van der Waals surface area contributed by atoms with Crippen molar-refractivity contribution < 1.29 is 0 Å². The summed E-state index contributed by atoms with van der Waals surface area (Å²) in [7, 11) is 0. The zero-order chi connectivity index (χ0) is 21.5. The Morgan fingerprint density at radius 1 is 1.23 bits per heavy atom. The van der Waals surface area contributed by atoms with Gasteiger partial charge in [0.1, 0.15) is 0 Å². The lowest BCUT2D eigenvalue weighted by atomic mass is 9.98. The molecule has 0 saturated carbocycles. The Hall–Kier alpha value is -1.72. The molecule has 0 unspecified atom stereocenters. The largest absolute Gasteiger partial charge is 0.371 e. The highest BCUT2D eigenvalue weighted by molar-refractivity contribution is 7.98. The van der Waals surface area contributed by atoms with Gasteiger partial charge in [-0.25, -0.2) is 0 Å². The molecule has 0 aromatic heterocycles. The van der Waals surface area contributed by atoms with Gasteiger partial charge in [0.2, 0.25) is 0 Å². The molecule has 30 heavy (non-hydrogen) atoms. The molecule has 0 saturated heterocycles. The van der Waals surface area contributed by atoms with Crippen LogP contribution in [0.3, 0.4) is 0 Å². The van der Waals surface area contributed by atoms with Crippen LogP contribution in [0.25, 0.3) is 0 Å². The molecule has 0 aliphatic carbocycles. The van der Waals surface area contributed by atoms with Crippen molar-refractivity contribution in [1.29, 1.82) is 0 Å². The van der Waals surface area contributed by atoms with E-state index in [9.17, 15) is 0 Å². The third-order valence-electron chi connectivity index (χ3n) is 5.91. The number of nitrogens with one attached hydrogen (secondary N) is 1. The van der Waals surface area contributed by atoms with Crippen molar-refractivity contribution in [3.8, 4) is 0 Å². The minimum atomic E-state index is 0.376. The first-order chi connectivity index (χ1) is 14.5. The summed E-state index contributed by atoms with van der Waals surface area (Å²) in [4.78, 5) is 6.11. The van der Waals surface area contributed by atoms with Crippen LogP contribution in [0.5, 0.6) is 0 Å². The number of anilines is 2. The molecule has 3 rings (SSSR count). The van der Waals surface area contributed by atoms with Crippen LogP contribution in [-0.2, 0) is 13.0 Å². The van der Waals surface area contributed by atoms with Crippen molar-refractivity contribution in [2.45, 2.75) is 63.9 Å². The Balaban J connectivity index is 1.77. The van der Waals surface area contributed by atoms with Crippen molar-refractivity contribution in [1.82, 2.24) is 4.90 Å². The first-order valence-corrected chi connectivity index (χ1v) is 12.8. The first-order valence-electron chi connectivity index (χ1n) is 11.1. The molecule has 1 N–H and O–H groups in total. The Morgan fingerprint density at radius 2 is 2.07 bits per heavy atom. The lowest BCUT2D eigenvalue weighted by Crippen LogP contribution is -2.40. The molecule has 162 valence electrons. The number of fused-ring (bicyclic) bond motifs is 1. The summed E-state index contributed by atoms with van der Waals surface area (Å²) in [6.45, 7) is 9.91. The SMILES string of the molecule is CCCN1CCCc2cc(CN(C(=S)Nc3cccc(SC)c3)[C@@H](C)CC)ccc21. The second-order valence-corrected chi connectivity index (χ2v) is 9.37. The van der Waals surface area contributed by atoms with Gasteiger partial charge in [-0.15, -0.1) is 11.8 Å². The summed E-state index contributed by atoms with van der Waals surface area (Å²) >= 11 is 7.60. The van der Waals surface area contributed by atoms with Crippen molar-refractivity contribution >= 4 is 40.5 Å². The lowest BCUT2D eigenvalue weighted by Gasteiger charge is -2.33. The maximum absolute atomic E-state index is 5.85. The van der Waals surface area contributed by atoms with Crippen LogP contribution in [0, 0.1) is 0 Å². The van der Waals surface area contributed by atoms with E-state index in [2.05, 4.69) is 84.6 Å². The number of hydrogen-bond acceptors (Lipinski definition) is 3. The lowest BCUT2D eigenvalue weighted by molar-refractivity contribution is 0.319. The van der Waals surface area contributed by atoms with Gasteiger partial charge in [0.25, 0.3) is 0 Å². The summed E-state index contributed by atoms with van der Waals surface area (Å²) in [5, 5.41) is 4.27. The Labute approximate surface area is 192 Å². The summed E-state index contributed by atoms with van der Waals surface area (Å²) in [5.74, 6) is 0. The fraction of sp³-hybridized carbons (Fsp3) is 0.480. The highest BCUT2D eigenvalue weighted by Crippen LogP contribution is 2.29. The summed E-state index contributed by atoms with van der Waals surface area (Å²) < 4.78 is 0. The topological polar surface area (TPSA) is 18.5 Å². The average Bonchev–Trinajstić information content (AvgIpc) is 2.77. The van der Waals surface area contributed by atoms with Gasteiger partial charge in [0.05, 0.1) is 0 Å². The molecule has 1 aliphatic heterocycles. The van der Waals surface area contributed by atoms with E-state index in [0.29, 0.717) is 6.04 Å². The van der Waals surface area contributed by atoms with Gasteiger partial charge in [-0.3, -0.25) is 0 Å². The third kappa shape index (κ3) is 5.70. The van der Waals surface area contributed by atoms with Crippen LogP contribution in [-0.4, -0.2) is 35.4 Å². The van der Waals surface area contributed by atoms with Crippen LogP contribution >= 0.6 is 24.0 Å². The van der Waals surface area contributed by atoms with Crippen LogP contribution < -0.4 is 10.2 Å². The number of aryl methyl sites for hydroxylation is 1. The molecule has 3 nitrogen and oxygen atoms in total. The Bertz CT molecular complexity index is 852. The monoisotopic (exact) mass is 441 g/mol. The Morgan fingerprint density at radius 3 is 2.80 bits per heavy atom. The molecule has 2 aromatic rings. The summed E-state index contributed by atoms with van der Waals surface area (Å²) in [6, 6.07) is 15.8. The third-order valence-corrected chi connectivity index (χ3v) is 6.97. The van der Waals surface area contributed by atoms with E-state index in [0.717, 1.165) is 30.3 Å². The molecule has 0 fully saturated rings. The predicted molar refractivity (Wildman–Crippen MR) is 137 cm³/mol. The normalized spacial score (nSPS) is 14.2. The van der Waals surface area contributed by atoms with Crippen molar-refractivity contribution in [2.75, 3.05) is 29.6 Å². The number of nitrogens with zero attached hydrogens (tertiary/aromatic N) is 2. The molecule has 1 heterocycles. The van der Waals surface area contributed by atoms with Gasteiger partial charge in [-0.1, -0.05) is 32.0 Å². The van der Waals surface area contributed by atoms with Gasteiger partial charge < -0.3 is 15.1 Å². The number of thiocarbonyl (C=S) groups is 1. The van der Waals surface area contributed by atoms with E-state index in [4.69, 9.17) is 12.2 Å². The minimum Gasteiger partial charge on any atom is -0.371 e. The predicted octanol–water partition coefficient (Wildman–Crippen LogP) is 6.57. The van der Waals surface area contributed by atoms with Gasteiger partial charge in [-0.05, 0) is 86.5 Å². The van der Waals surface area contributed by atoms with E-state index >= 15 is 0 Å². The first kappa shape index (κ1) is 23.0. The number of rotatable bonds is 8. The molecule has 0 radical (unpaired) electrons. The molecule has 0 spiro atoms. The maximum Gasteiger partial charge on any atom is 0.173 e. The Kier molecular flexibility index (Phi) is 8.46. The molecule has 0 bridgehead atoms. The summed E-state index contributed by atoms with van der Waals surface area (Å²) in [6.07, 6.45) is 6.78. The molecule has 1 aliphatic rings. The highest BCUT2D eigenvalue weighted by Gasteiger charge is 2.20. The fourth-order valence-electron chi connectivity index (χ4n) is 4.07. The van der Waals surface area contributed by atoms with E-state index in [-0.39, 0.29) is 0 Å². The average molecular weight is 442 g/mol. The second-order valence-electron chi connectivity index (χ2n) is 8.10. The standard InChI is InChI=1S/C25H35N3S2/c1-5-14-27-15-8-9-21-16-20(12-13-24(21)27)18-28(19(3)6-2)25(29)26-22-10-7-11-23(17-22)30-4/h7,10-13,16-17,19H,5-6,8-9,14-15,18H2,1-4H3,(H,26,29)/t19-/m0/s1. The molecule has 0 amide bonds. The summed E-state index contributed by atoms with van der Waals surface area (Å²) in [5.41, 5.74) is 5.31. The molecular formula is C25H35N3S2. The zero-order valence-corrected chi connectivity index (χ0v) is 20.4. The van der Waals surface area contributed by atoms with E-state index in [1.807, 2.05) is 0 Å². The van der Waals surface area contributed by atoms with Gasteiger partial charge >= 0.3 is 0 Å². The van der Waals surface area contributed by atoms with E-state index < -0.39 is 0 Å². The van der Waals surface area contributed by atoms with Crippen molar-refractivity contribution in [3.63, 3.8) is 0 Å². The smallest absolute Gasteiger partial charge is 0.173 e. The highest BCUT2D eigenvalue weighted by atomic mass is 32.2. The molecule has 5 heteroatoms. The van der Waals surface area contributed by atoms with Crippen molar-refractivity contribution in [3.05, 3.63) is 53.6 Å². The van der Waals surface area contributed by atoms with Crippen LogP contribution in [0.2, 0.25) is 0 Å². The molecule has 2 aromatic carbocycles. The van der Waals surface area contributed by atoms with Gasteiger partial charge in [0.15, 0.2) is 5.11 Å². The van der Waals surface area contributed by atoms with Gasteiger partial charge in [0, 0.05) is 41.9 Å². The minimum absolute atomic E-state index is 0.376. The molecule has 1 atom stereocenters. The van der Waals surface area contributed by atoms with Crippen LogP contribution in [0.15, 0.2) is 47.4 Å². The van der Waals surface area contributed by atoms with Gasteiger partial charge in [-0.2, -0.15) is 0 Å². The molecular weight excluding hydrogens is 406 g/mol. The number of benzene rings is 2. The number of hydrogen-bond donors (Lipinski definition) is 1. The van der Waals surface area contributed by atoms with E-state index in [1.54, 1.807) is 11.8 Å². The second kappa shape index (κ2) is 11.1. The number of thioether (sulfide) groups is 1. The maximum atomic E-state index is 5.85. The quantitative estimate of drug-likeness (QED) is 0.368. The van der Waals surface area contributed by atoms with Crippen LogP contribution in [0.4, 0.5) is 11.4 Å². The van der Waals surface area contributed by atoms with E-state index in [1.165, 1.54) is 47.5 Å². The zero-order valence-electron chi connectivity index (χ0n) is 18.8. The van der Waals surface area contributed by atoms with Crippen molar-refractivity contribution in [2.24, 2.45) is 0 Å².